The molecule has 6 nitrogen and oxygen atoms in total. The molecule has 3 rings (SSSR count). The first-order valence-electron chi connectivity index (χ1n) is 6.14. The molecule has 0 aliphatic carbocycles. The van der Waals surface area contributed by atoms with Crippen LogP contribution in [0.15, 0.2) is 24.5 Å². The standard InChI is InChI=1S/C13H8F3N5O/c14-13(15,16)12-20-9-8(6-2-1-3-19-5-6)7(4-17)10(18)22-11(9)21-12/h1-3,5,7-8,18H,(H,20,21). The van der Waals surface area contributed by atoms with Gasteiger partial charge < -0.3 is 9.72 Å². The van der Waals surface area contributed by atoms with Gasteiger partial charge in [-0.3, -0.25) is 10.4 Å². The molecule has 0 bridgehead atoms. The Morgan fingerprint density at radius 3 is 2.77 bits per heavy atom. The van der Waals surface area contributed by atoms with Gasteiger partial charge in [0, 0.05) is 12.4 Å². The summed E-state index contributed by atoms with van der Waals surface area (Å²) < 4.78 is 43.4. The monoisotopic (exact) mass is 307 g/mol. The minimum absolute atomic E-state index is 0.0166. The number of aromatic amines is 1. The van der Waals surface area contributed by atoms with Crippen LogP contribution in [-0.2, 0) is 6.18 Å². The van der Waals surface area contributed by atoms with E-state index in [2.05, 4.69) is 15.0 Å². The molecule has 2 N–H and O–H groups in total. The van der Waals surface area contributed by atoms with Crippen LogP contribution in [0.25, 0.3) is 0 Å². The van der Waals surface area contributed by atoms with E-state index in [-0.39, 0.29) is 11.6 Å². The molecule has 0 saturated carbocycles. The summed E-state index contributed by atoms with van der Waals surface area (Å²) in [5.41, 5.74) is 0.517. The van der Waals surface area contributed by atoms with Gasteiger partial charge in [0.2, 0.25) is 17.6 Å². The van der Waals surface area contributed by atoms with Gasteiger partial charge in [-0.2, -0.15) is 23.4 Å². The number of nitrogens with zero attached hydrogens (tertiary/aromatic N) is 3. The Bertz CT molecular complexity index is 762. The van der Waals surface area contributed by atoms with E-state index in [9.17, 15) is 18.4 Å². The van der Waals surface area contributed by atoms with Crippen LogP contribution in [0, 0.1) is 22.7 Å². The van der Waals surface area contributed by atoms with Gasteiger partial charge in [-0.15, -0.1) is 0 Å². The van der Waals surface area contributed by atoms with E-state index in [0.717, 1.165) is 0 Å². The van der Waals surface area contributed by atoms with Crippen LogP contribution in [0.4, 0.5) is 13.2 Å². The summed E-state index contributed by atoms with van der Waals surface area (Å²) in [5.74, 6) is -3.88. The molecule has 0 radical (unpaired) electrons. The van der Waals surface area contributed by atoms with Crippen LogP contribution < -0.4 is 4.74 Å². The van der Waals surface area contributed by atoms with Crippen molar-refractivity contribution in [2.45, 2.75) is 12.1 Å². The summed E-state index contributed by atoms with van der Waals surface area (Å²) in [5, 5.41) is 17.0. The number of H-pyrrole nitrogens is 1. The fraction of sp³-hybridized carbons (Fsp3) is 0.231. The second kappa shape index (κ2) is 4.84. The van der Waals surface area contributed by atoms with Crippen LogP contribution in [0.3, 0.4) is 0 Å². The largest absolute Gasteiger partial charge is 0.449 e. The van der Waals surface area contributed by atoms with Crippen molar-refractivity contribution < 1.29 is 17.9 Å². The molecule has 1 aliphatic heterocycles. The smallest absolute Gasteiger partial charge is 0.422 e. The summed E-state index contributed by atoms with van der Waals surface area (Å²) in [6, 6.07) is 5.11. The van der Waals surface area contributed by atoms with Crippen molar-refractivity contribution in [3.05, 3.63) is 41.6 Å². The molecule has 2 unspecified atom stereocenters. The van der Waals surface area contributed by atoms with Crippen LogP contribution >= 0.6 is 0 Å². The lowest BCUT2D eigenvalue weighted by Gasteiger charge is -2.26. The highest BCUT2D eigenvalue weighted by molar-refractivity contribution is 5.84. The molecule has 0 saturated heterocycles. The normalized spacial score (nSPS) is 20.9. The SMILES string of the molecule is N#CC1C(=N)Oc2nc(C(F)(F)F)[nH]c2C1c1cccnc1. The number of pyridine rings is 1. The predicted molar refractivity (Wildman–Crippen MR) is 67.1 cm³/mol. The number of fused-ring (bicyclic) bond motifs is 1. The number of ether oxygens (including phenoxy) is 1. The van der Waals surface area contributed by atoms with E-state index in [1.54, 1.807) is 12.1 Å². The van der Waals surface area contributed by atoms with E-state index < -0.39 is 29.7 Å². The molecular weight excluding hydrogens is 299 g/mol. The van der Waals surface area contributed by atoms with E-state index in [1.807, 2.05) is 6.07 Å². The van der Waals surface area contributed by atoms with Crippen molar-refractivity contribution in [1.29, 1.82) is 10.7 Å². The molecule has 22 heavy (non-hydrogen) atoms. The lowest BCUT2D eigenvalue weighted by molar-refractivity contribution is -0.144. The summed E-state index contributed by atoms with van der Waals surface area (Å²) in [4.78, 5) is 9.42. The Morgan fingerprint density at radius 1 is 1.41 bits per heavy atom. The van der Waals surface area contributed by atoms with Gasteiger partial charge in [-0.25, -0.2) is 0 Å². The predicted octanol–water partition coefficient (Wildman–Crippen LogP) is 2.46. The molecule has 2 aromatic heterocycles. The number of alkyl halides is 3. The maximum atomic E-state index is 12.8. The molecule has 2 atom stereocenters. The number of hydrogen-bond donors (Lipinski definition) is 2. The minimum Gasteiger partial charge on any atom is -0.422 e. The molecule has 0 aromatic carbocycles. The van der Waals surface area contributed by atoms with Gasteiger partial charge >= 0.3 is 6.18 Å². The van der Waals surface area contributed by atoms with E-state index >= 15 is 0 Å². The van der Waals surface area contributed by atoms with E-state index in [4.69, 9.17) is 10.1 Å². The summed E-state index contributed by atoms with van der Waals surface area (Å²) in [6.07, 6.45) is -1.74. The number of nitriles is 1. The quantitative estimate of drug-likeness (QED) is 0.845. The Labute approximate surface area is 122 Å². The first-order chi connectivity index (χ1) is 10.4. The summed E-state index contributed by atoms with van der Waals surface area (Å²) >= 11 is 0. The first kappa shape index (κ1) is 14.1. The Kier molecular flexibility index (Phi) is 3.09. The van der Waals surface area contributed by atoms with Crippen molar-refractivity contribution in [1.82, 2.24) is 15.0 Å². The Morgan fingerprint density at radius 2 is 2.18 bits per heavy atom. The first-order valence-corrected chi connectivity index (χ1v) is 6.14. The van der Waals surface area contributed by atoms with Crippen molar-refractivity contribution in [2.24, 2.45) is 5.92 Å². The summed E-state index contributed by atoms with van der Waals surface area (Å²) in [6.45, 7) is 0. The fourth-order valence-electron chi connectivity index (χ4n) is 2.33. The highest BCUT2D eigenvalue weighted by atomic mass is 19.4. The third-order valence-electron chi connectivity index (χ3n) is 3.28. The second-order valence-corrected chi connectivity index (χ2v) is 4.64. The highest BCUT2D eigenvalue weighted by Crippen LogP contribution is 2.42. The van der Waals surface area contributed by atoms with Gasteiger partial charge in [0.25, 0.3) is 0 Å². The van der Waals surface area contributed by atoms with Gasteiger partial charge in [0.05, 0.1) is 17.7 Å². The Hall–Kier alpha value is -2.89. The third-order valence-corrected chi connectivity index (χ3v) is 3.28. The van der Waals surface area contributed by atoms with Crippen molar-refractivity contribution in [3.63, 3.8) is 0 Å². The van der Waals surface area contributed by atoms with Gasteiger partial charge in [-0.05, 0) is 11.6 Å². The average Bonchev–Trinajstić information content (AvgIpc) is 2.90. The average molecular weight is 307 g/mol. The van der Waals surface area contributed by atoms with Crippen LogP contribution in [0.2, 0.25) is 0 Å². The molecule has 0 amide bonds. The molecule has 0 fully saturated rings. The maximum absolute atomic E-state index is 12.8. The molecular formula is C13H8F3N5O. The highest BCUT2D eigenvalue weighted by Gasteiger charge is 2.43. The summed E-state index contributed by atoms with van der Waals surface area (Å²) in [7, 11) is 0. The van der Waals surface area contributed by atoms with Crippen molar-refractivity contribution in [2.75, 3.05) is 0 Å². The van der Waals surface area contributed by atoms with E-state index in [1.165, 1.54) is 12.4 Å². The zero-order valence-corrected chi connectivity index (χ0v) is 10.8. The number of hydrogen-bond acceptors (Lipinski definition) is 5. The molecule has 2 aromatic rings. The van der Waals surface area contributed by atoms with Gasteiger partial charge in [0.1, 0.15) is 5.92 Å². The van der Waals surface area contributed by atoms with Crippen LogP contribution in [0.5, 0.6) is 5.88 Å². The lowest BCUT2D eigenvalue weighted by Crippen LogP contribution is -2.31. The second-order valence-electron chi connectivity index (χ2n) is 4.64. The number of nitrogens with one attached hydrogen (secondary N) is 2. The molecule has 3 heterocycles. The molecule has 0 spiro atoms. The van der Waals surface area contributed by atoms with Gasteiger partial charge in [-0.1, -0.05) is 6.07 Å². The maximum Gasteiger partial charge on any atom is 0.449 e. The topological polar surface area (TPSA) is 98.4 Å². The van der Waals surface area contributed by atoms with Crippen molar-refractivity contribution >= 4 is 5.90 Å². The van der Waals surface area contributed by atoms with Gasteiger partial charge in [0.15, 0.2) is 0 Å². The zero-order chi connectivity index (χ0) is 15.9. The van der Waals surface area contributed by atoms with Crippen LogP contribution in [-0.4, -0.2) is 20.8 Å². The molecule has 112 valence electrons. The lowest BCUT2D eigenvalue weighted by atomic mass is 9.83. The third kappa shape index (κ3) is 2.18. The molecule has 9 heteroatoms. The molecule has 1 aliphatic rings. The Balaban J connectivity index is 2.17. The zero-order valence-electron chi connectivity index (χ0n) is 10.8. The number of aromatic nitrogens is 3. The number of halogens is 3. The van der Waals surface area contributed by atoms with E-state index in [0.29, 0.717) is 5.56 Å². The minimum atomic E-state index is -4.68. The number of rotatable bonds is 1. The van der Waals surface area contributed by atoms with Crippen LogP contribution in [0.1, 0.15) is 23.0 Å². The fourth-order valence-corrected chi connectivity index (χ4v) is 2.33. The van der Waals surface area contributed by atoms with Crippen molar-refractivity contribution in [3.8, 4) is 11.9 Å². The number of imidazole rings is 1.